The third-order valence-corrected chi connectivity index (χ3v) is 6.35. The topological polar surface area (TPSA) is 54.4 Å². The Morgan fingerprint density at radius 3 is 1.82 bits per heavy atom. The molecule has 1 aliphatic heterocycles. The van der Waals surface area contributed by atoms with Gasteiger partial charge >= 0.3 is 0 Å². The number of pyridine rings is 1. The van der Waals surface area contributed by atoms with Crippen LogP contribution in [0.2, 0.25) is 0 Å². The van der Waals surface area contributed by atoms with Crippen LogP contribution in [0, 0.1) is 12.8 Å². The Kier molecular flexibility index (Phi) is 21.8. The Labute approximate surface area is 242 Å². The molecule has 0 aromatic carbocycles. The second kappa shape index (κ2) is 22.9. The number of hydrogen-bond donors (Lipinski definition) is 0. The van der Waals surface area contributed by atoms with Gasteiger partial charge in [0.25, 0.3) is 0 Å². The fourth-order valence-corrected chi connectivity index (χ4v) is 3.67. The molecule has 224 valence electrons. The minimum absolute atomic E-state index is 0.377. The van der Waals surface area contributed by atoms with Gasteiger partial charge in [-0.15, -0.1) is 0 Å². The third kappa shape index (κ3) is 21.6. The van der Waals surface area contributed by atoms with Crippen molar-refractivity contribution in [3.63, 3.8) is 0 Å². The second-order valence-corrected chi connectivity index (χ2v) is 11.8. The molecule has 0 radical (unpaired) electrons. The molecule has 6 nitrogen and oxygen atoms in total. The summed E-state index contributed by atoms with van der Waals surface area (Å²) in [6.45, 7) is 28.4. The number of aryl methyl sites for hydroxylation is 1. The van der Waals surface area contributed by atoms with E-state index in [1.165, 1.54) is 63.1 Å². The van der Waals surface area contributed by atoms with Crippen LogP contribution in [0.5, 0.6) is 0 Å². The quantitative estimate of drug-likeness (QED) is 0.303. The summed E-state index contributed by atoms with van der Waals surface area (Å²) in [7, 11) is 2.19. The standard InChI is InChI=1S/C11H24N2O.C8H12N2.C8H11N.C6H14/c1-11(2)14-10-4-5-13-8-6-12(3)7-9-13;1-6(2)8-4-9-7(3)10-5-8;1-7(2)8-4-3-5-9-6-8;1-4-5-6(2)3/h11H,4-10H2,1-3H3;4-6H,1-3H3;3-7H,1-2H3;6H,4-5H2,1-3H3. The minimum atomic E-state index is 0.377. The Morgan fingerprint density at radius 2 is 1.44 bits per heavy atom. The number of rotatable bonds is 9. The molecular weight excluding hydrogens is 482 g/mol. The molecule has 0 amide bonds. The van der Waals surface area contributed by atoms with Crippen molar-refractivity contribution in [1.82, 2.24) is 24.8 Å². The first kappa shape index (κ1) is 37.1. The summed E-state index contributed by atoms with van der Waals surface area (Å²) < 4.78 is 5.52. The molecule has 1 fully saturated rings. The summed E-state index contributed by atoms with van der Waals surface area (Å²) in [5.41, 5.74) is 2.50. The van der Waals surface area contributed by atoms with Crippen LogP contribution in [0.25, 0.3) is 0 Å². The monoisotopic (exact) mass is 543 g/mol. The highest BCUT2D eigenvalue weighted by Crippen LogP contribution is 2.11. The summed E-state index contributed by atoms with van der Waals surface area (Å²) in [5, 5.41) is 0. The molecule has 1 aliphatic rings. The maximum Gasteiger partial charge on any atom is 0.125 e. The Bertz CT molecular complexity index is 786. The lowest BCUT2D eigenvalue weighted by Crippen LogP contribution is -2.44. The fraction of sp³-hybridized carbons (Fsp3) is 0.727. The molecule has 39 heavy (non-hydrogen) atoms. The van der Waals surface area contributed by atoms with Gasteiger partial charge in [0.15, 0.2) is 0 Å². The maximum atomic E-state index is 5.52. The smallest absolute Gasteiger partial charge is 0.125 e. The number of piperazine rings is 1. The SMILES string of the molecule is CC(C)OCCCN1CCN(C)CC1.CC(C)c1cccnc1.CCCC(C)C.Cc1ncc(C(C)C)cn1. The van der Waals surface area contributed by atoms with Crippen LogP contribution in [-0.4, -0.2) is 77.2 Å². The Balaban J connectivity index is 0.000000515. The average molecular weight is 544 g/mol. The molecule has 0 atom stereocenters. The first-order valence-corrected chi connectivity index (χ1v) is 15.2. The van der Waals surface area contributed by atoms with Crippen LogP contribution in [0.1, 0.15) is 110 Å². The van der Waals surface area contributed by atoms with E-state index in [1.54, 1.807) is 6.20 Å². The molecule has 1 saturated heterocycles. The van der Waals surface area contributed by atoms with Gasteiger partial charge in [-0.2, -0.15) is 0 Å². The molecule has 3 rings (SSSR count). The Hall–Kier alpha value is -1.89. The fourth-order valence-electron chi connectivity index (χ4n) is 3.67. The highest BCUT2D eigenvalue weighted by molar-refractivity contribution is 5.12. The number of hydrogen-bond acceptors (Lipinski definition) is 6. The van der Waals surface area contributed by atoms with Gasteiger partial charge in [0.2, 0.25) is 0 Å². The van der Waals surface area contributed by atoms with E-state index in [1.807, 2.05) is 31.6 Å². The first-order chi connectivity index (χ1) is 18.5. The normalized spacial score (nSPS) is 13.9. The summed E-state index contributed by atoms with van der Waals surface area (Å²) in [5.74, 6) is 2.86. The molecule has 0 spiro atoms. The van der Waals surface area contributed by atoms with Crippen molar-refractivity contribution in [2.24, 2.45) is 5.92 Å². The predicted molar refractivity (Wildman–Crippen MR) is 169 cm³/mol. The largest absolute Gasteiger partial charge is 0.379 e. The van der Waals surface area contributed by atoms with Gasteiger partial charge in [-0.3, -0.25) is 4.98 Å². The van der Waals surface area contributed by atoms with Crippen molar-refractivity contribution in [1.29, 1.82) is 0 Å². The van der Waals surface area contributed by atoms with Crippen LogP contribution >= 0.6 is 0 Å². The van der Waals surface area contributed by atoms with Crippen LogP contribution in [0.3, 0.4) is 0 Å². The highest BCUT2D eigenvalue weighted by Gasteiger charge is 2.12. The lowest BCUT2D eigenvalue weighted by atomic mass is 10.1. The zero-order valence-corrected chi connectivity index (χ0v) is 27.3. The van der Waals surface area contributed by atoms with Crippen LogP contribution in [-0.2, 0) is 4.74 Å². The molecule has 0 aliphatic carbocycles. The van der Waals surface area contributed by atoms with E-state index in [0.29, 0.717) is 17.9 Å². The van der Waals surface area contributed by atoms with Gasteiger partial charge < -0.3 is 14.5 Å². The van der Waals surface area contributed by atoms with E-state index in [4.69, 9.17) is 4.74 Å². The van der Waals surface area contributed by atoms with Gasteiger partial charge in [-0.1, -0.05) is 67.4 Å². The number of likely N-dealkylation sites (N-methyl/N-ethyl adjacent to an activating group) is 1. The van der Waals surface area contributed by atoms with E-state index >= 15 is 0 Å². The predicted octanol–water partition coefficient (Wildman–Crippen LogP) is 7.60. The number of aromatic nitrogens is 3. The molecule has 0 unspecified atom stereocenters. The lowest BCUT2D eigenvalue weighted by molar-refractivity contribution is 0.0656. The van der Waals surface area contributed by atoms with Gasteiger partial charge in [0, 0.05) is 64.1 Å². The van der Waals surface area contributed by atoms with Crippen molar-refractivity contribution in [3.8, 4) is 0 Å². The van der Waals surface area contributed by atoms with Crippen molar-refractivity contribution >= 4 is 0 Å². The molecule has 2 aromatic heterocycles. The molecule has 0 N–H and O–H groups in total. The van der Waals surface area contributed by atoms with Gasteiger partial charge in [0.05, 0.1) is 6.10 Å². The number of ether oxygens (including phenoxy) is 1. The summed E-state index contributed by atoms with van der Waals surface area (Å²) in [6, 6.07) is 4.06. The van der Waals surface area contributed by atoms with Crippen molar-refractivity contribution in [3.05, 3.63) is 53.9 Å². The zero-order valence-electron chi connectivity index (χ0n) is 27.3. The van der Waals surface area contributed by atoms with Gasteiger partial charge in [-0.05, 0) is 69.2 Å². The van der Waals surface area contributed by atoms with Gasteiger partial charge in [0.1, 0.15) is 5.82 Å². The molecule has 3 heterocycles. The van der Waals surface area contributed by atoms with Crippen molar-refractivity contribution in [2.45, 2.75) is 106 Å². The van der Waals surface area contributed by atoms with E-state index in [9.17, 15) is 0 Å². The molecular formula is C33H61N5O. The van der Waals surface area contributed by atoms with Gasteiger partial charge in [-0.25, -0.2) is 9.97 Å². The second-order valence-electron chi connectivity index (χ2n) is 11.8. The average Bonchev–Trinajstić information content (AvgIpc) is 2.89. The van der Waals surface area contributed by atoms with Crippen LogP contribution in [0.15, 0.2) is 36.9 Å². The first-order valence-electron chi connectivity index (χ1n) is 15.2. The Morgan fingerprint density at radius 1 is 0.846 bits per heavy atom. The minimum Gasteiger partial charge on any atom is -0.379 e. The van der Waals surface area contributed by atoms with E-state index in [2.05, 4.69) is 100 Å². The van der Waals surface area contributed by atoms with E-state index in [0.717, 1.165) is 18.3 Å². The summed E-state index contributed by atoms with van der Waals surface area (Å²) >= 11 is 0. The molecule has 0 bridgehead atoms. The van der Waals surface area contributed by atoms with Crippen molar-refractivity contribution < 1.29 is 4.74 Å². The number of nitrogens with zero attached hydrogens (tertiary/aromatic N) is 5. The summed E-state index contributed by atoms with van der Waals surface area (Å²) in [4.78, 5) is 17.1. The highest BCUT2D eigenvalue weighted by atomic mass is 16.5. The van der Waals surface area contributed by atoms with Crippen molar-refractivity contribution in [2.75, 3.05) is 46.4 Å². The summed E-state index contributed by atoms with van der Waals surface area (Å²) in [6.07, 6.45) is 11.7. The molecule has 2 aromatic rings. The van der Waals surface area contributed by atoms with Crippen LogP contribution < -0.4 is 0 Å². The lowest BCUT2D eigenvalue weighted by Gasteiger charge is -2.32. The van der Waals surface area contributed by atoms with E-state index in [-0.39, 0.29) is 0 Å². The van der Waals surface area contributed by atoms with E-state index < -0.39 is 0 Å². The molecule has 0 saturated carbocycles. The molecule has 6 heteroatoms. The zero-order chi connectivity index (χ0) is 29.6. The maximum absolute atomic E-state index is 5.52. The third-order valence-electron chi connectivity index (χ3n) is 6.35. The van der Waals surface area contributed by atoms with Crippen LogP contribution in [0.4, 0.5) is 0 Å².